The second-order valence-electron chi connectivity index (χ2n) is 5.47. The van der Waals surface area contributed by atoms with Gasteiger partial charge in [0.2, 0.25) is 0 Å². The van der Waals surface area contributed by atoms with E-state index in [2.05, 4.69) is 20.8 Å². The molecule has 1 fully saturated rings. The molecule has 0 aliphatic carbocycles. The monoisotopic (exact) mass is 246 g/mol. The van der Waals surface area contributed by atoms with Gasteiger partial charge in [0.05, 0.1) is 19.8 Å². The van der Waals surface area contributed by atoms with Gasteiger partial charge >= 0.3 is 0 Å². The highest BCUT2D eigenvalue weighted by Gasteiger charge is 2.36. The Morgan fingerprint density at radius 2 is 2.06 bits per heavy atom. The van der Waals surface area contributed by atoms with Crippen molar-refractivity contribution in [3.05, 3.63) is 0 Å². The quantitative estimate of drug-likeness (QED) is 0.477. The molecule has 1 saturated heterocycles. The Kier molecular flexibility index (Phi) is 5.44. The van der Waals surface area contributed by atoms with Crippen molar-refractivity contribution in [2.75, 3.05) is 26.4 Å². The molecule has 1 aliphatic rings. The molecule has 16 heavy (non-hydrogen) atoms. The van der Waals surface area contributed by atoms with Gasteiger partial charge in [-0.1, -0.05) is 6.92 Å². The summed E-state index contributed by atoms with van der Waals surface area (Å²) in [4.78, 5) is 0. The predicted octanol–water partition coefficient (Wildman–Crippen LogP) is 1.29. The van der Waals surface area contributed by atoms with E-state index in [1.165, 1.54) is 0 Å². The third-order valence-electron chi connectivity index (χ3n) is 3.59. The minimum atomic E-state index is 0.0393. The molecule has 0 atom stereocenters. The molecule has 0 N–H and O–H groups in total. The summed E-state index contributed by atoms with van der Waals surface area (Å²) in [6.07, 6.45) is 3.31. The van der Waals surface area contributed by atoms with Crippen LogP contribution in [-0.4, -0.2) is 42.5 Å². The molecule has 0 amide bonds. The zero-order chi connectivity index (χ0) is 12.1. The fraction of sp³-hybridized carbons (Fsp3) is 1.00. The zero-order valence-corrected chi connectivity index (χ0v) is 13.2. The van der Waals surface area contributed by atoms with Crippen LogP contribution in [0.1, 0.15) is 40.0 Å². The lowest BCUT2D eigenvalue weighted by Gasteiger charge is -2.40. The summed E-state index contributed by atoms with van der Waals surface area (Å²) in [5.74, 6) is 0. The number of rotatable bonds is 8. The molecule has 0 saturated carbocycles. The van der Waals surface area contributed by atoms with E-state index in [0.717, 1.165) is 56.2 Å². The lowest BCUT2D eigenvalue weighted by Crippen LogP contribution is -2.45. The summed E-state index contributed by atoms with van der Waals surface area (Å²) in [5, 5.41) is 0. The van der Waals surface area contributed by atoms with Crippen LogP contribution in [0.3, 0.4) is 0 Å². The van der Waals surface area contributed by atoms with Crippen molar-refractivity contribution in [2.24, 2.45) is 5.41 Å². The highest BCUT2D eigenvalue weighted by molar-refractivity contribution is 5.98. The first kappa shape index (κ1) is 14.2. The molecule has 1 aliphatic heterocycles. The van der Waals surface area contributed by atoms with Gasteiger partial charge in [-0.05, 0) is 33.1 Å². The number of ether oxygens (including phenoxy) is 2. The Labute approximate surface area is 102 Å². The lowest BCUT2D eigenvalue weighted by atomic mass is 9.84. The molecule has 0 radical (unpaired) electrons. The third-order valence-corrected chi connectivity index (χ3v) is 4.70. The van der Waals surface area contributed by atoms with Crippen molar-refractivity contribution in [2.45, 2.75) is 45.6 Å². The smallest absolute Gasteiger partial charge is 0.146 e. The van der Waals surface area contributed by atoms with Gasteiger partial charge in [0, 0.05) is 17.6 Å². The van der Waals surface area contributed by atoms with Gasteiger partial charge in [-0.15, -0.1) is 0 Å². The highest BCUT2D eigenvalue weighted by atomic mass is 28.2. The molecular weight excluding hydrogens is 220 g/mol. The molecule has 0 spiro atoms. The zero-order valence-electron chi connectivity index (χ0n) is 11.2. The summed E-state index contributed by atoms with van der Waals surface area (Å²) in [5.41, 5.74) is 0.362. The van der Waals surface area contributed by atoms with Crippen LogP contribution in [0.2, 0.25) is 0 Å². The first-order valence-corrected chi connectivity index (χ1v) is 7.06. The van der Waals surface area contributed by atoms with Crippen LogP contribution in [0.5, 0.6) is 0 Å². The van der Waals surface area contributed by atoms with Crippen LogP contribution >= 0.6 is 0 Å². The molecule has 96 valence electrons. The van der Waals surface area contributed by atoms with Crippen molar-refractivity contribution >= 4 is 10.5 Å². The molecule has 1 heterocycles. The normalized spacial score (nSPS) is 19.7. The van der Waals surface area contributed by atoms with Crippen LogP contribution in [-0.2, 0) is 13.9 Å². The largest absolute Gasteiger partial charge is 0.423 e. The van der Waals surface area contributed by atoms with Gasteiger partial charge in [-0.3, -0.25) is 0 Å². The van der Waals surface area contributed by atoms with E-state index >= 15 is 0 Å². The molecule has 3 nitrogen and oxygen atoms in total. The number of hydrogen-bond donors (Lipinski definition) is 0. The van der Waals surface area contributed by atoms with Crippen LogP contribution in [0, 0.1) is 5.41 Å². The minimum Gasteiger partial charge on any atom is -0.423 e. The minimum absolute atomic E-state index is 0.0393. The van der Waals surface area contributed by atoms with E-state index in [9.17, 15) is 0 Å². The molecule has 0 aromatic heterocycles. The second kappa shape index (κ2) is 6.14. The fourth-order valence-electron chi connectivity index (χ4n) is 1.77. The van der Waals surface area contributed by atoms with Gasteiger partial charge in [0.1, 0.15) is 10.5 Å². The van der Waals surface area contributed by atoms with Gasteiger partial charge in [-0.2, -0.15) is 0 Å². The first-order valence-electron chi connectivity index (χ1n) is 6.24. The van der Waals surface area contributed by atoms with Crippen LogP contribution in [0.25, 0.3) is 0 Å². The molecule has 0 unspecified atom stereocenters. The highest BCUT2D eigenvalue weighted by Crippen LogP contribution is 2.31. The van der Waals surface area contributed by atoms with Gasteiger partial charge in [0.25, 0.3) is 0 Å². The van der Waals surface area contributed by atoms with Crippen molar-refractivity contribution < 1.29 is 13.9 Å². The maximum atomic E-state index is 5.75. The fourth-order valence-corrected chi connectivity index (χ4v) is 1.98. The standard InChI is InChI=1S/C12H26O3Si/c1-4-12(9-14-10-12)8-13-7-5-6-11(2,3)15-16/h4-10H2,1-3,16H3. The first-order chi connectivity index (χ1) is 7.54. The summed E-state index contributed by atoms with van der Waals surface area (Å²) in [6.45, 7) is 9.95. The average Bonchev–Trinajstić information content (AvgIpc) is 2.21. The summed E-state index contributed by atoms with van der Waals surface area (Å²) < 4.78 is 16.5. The molecule has 4 heteroatoms. The molecule has 0 aromatic rings. The molecular formula is C12H26O3Si. The Balaban J connectivity index is 2.04. The van der Waals surface area contributed by atoms with Crippen molar-refractivity contribution in [3.63, 3.8) is 0 Å². The van der Waals surface area contributed by atoms with Gasteiger partial charge < -0.3 is 13.9 Å². The Morgan fingerprint density at radius 3 is 2.50 bits per heavy atom. The van der Waals surface area contributed by atoms with Gasteiger partial charge in [0.15, 0.2) is 0 Å². The van der Waals surface area contributed by atoms with E-state index in [1.54, 1.807) is 0 Å². The third kappa shape index (κ3) is 4.16. The Morgan fingerprint density at radius 1 is 1.38 bits per heavy atom. The van der Waals surface area contributed by atoms with Gasteiger partial charge in [-0.25, -0.2) is 0 Å². The lowest BCUT2D eigenvalue weighted by molar-refractivity contribution is -0.150. The SMILES string of the molecule is CCC1(COCCCC(C)(C)O[SiH3])COC1. The summed E-state index contributed by atoms with van der Waals surface area (Å²) in [7, 11) is 0.812. The van der Waals surface area contributed by atoms with Crippen LogP contribution in [0.4, 0.5) is 0 Å². The number of hydrogen-bond acceptors (Lipinski definition) is 3. The maximum Gasteiger partial charge on any atom is 0.146 e. The predicted molar refractivity (Wildman–Crippen MR) is 68.7 cm³/mol. The average molecular weight is 246 g/mol. The molecule has 0 bridgehead atoms. The topological polar surface area (TPSA) is 27.7 Å². The molecule has 0 aromatic carbocycles. The van der Waals surface area contributed by atoms with E-state index in [1.807, 2.05) is 0 Å². The Hall–Kier alpha value is 0.0969. The Bertz CT molecular complexity index is 197. The summed E-state index contributed by atoms with van der Waals surface area (Å²) >= 11 is 0. The van der Waals surface area contributed by atoms with Crippen molar-refractivity contribution in [3.8, 4) is 0 Å². The van der Waals surface area contributed by atoms with E-state index in [4.69, 9.17) is 13.9 Å². The van der Waals surface area contributed by atoms with Crippen LogP contribution in [0.15, 0.2) is 0 Å². The molecule has 1 rings (SSSR count). The van der Waals surface area contributed by atoms with E-state index in [-0.39, 0.29) is 5.60 Å². The maximum absolute atomic E-state index is 5.75. The van der Waals surface area contributed by atoms with Crippen molar-refractivity contribution in [1.82, 2.24) is 0 Å². The van der Waals surface area contributed by atoms with Crippen LogP contribution < -0.4 is 0 Å². The van der Waals surface area contributed by atoms with E-state index < -0.39 is 0 Å². The second-order valence-corrected chi connectivity index (χ2v) is 5.87. The van der Waals surface area contributed by atoms with Crippen molar-refractivity contribution in [1.29, 1.82) is 0 Å². The van der Waals surface area contributed by atoms with E-state index in [0.29, 0.717) is 5.41 Å². The summed E-state index contributed by atoms with van der Waals surface area (Å²) in [6, 6.07) is 0.